The van der Waals surface area contributed by atoms with E-state index in [1.54, 1.807) is 0 Å². The SMILES string of the molecule is O=C1CC(NS(=O)(=O)CC2CC2)CN1C1CC1. The summed E-state index contributed by atoms with van der Waals surface area (Å²) in [5, 5.41) is 0. The smallest absolute Gasteiger partial charge is 0.224 e. The molecule has 2 saturated carbocycles. The molecule has 5 nitrogen and oxygen atoms in total. The second-order valence-corrected chi connectivity index (χ2v) is 7.32. The Morgan fingerprint density at radius 2 is 1.94 bits per heavy atom. The molecule has 1 saturated heterocycles. The third-order valence-electron chi connectivity index (χ3n) is 3.64. The van der Waals surface area contributed by atoms with Crippen molar-refractivity contribution < 1.29 is 13.2 Å². The maximum Gasteiger partial charge on any atom is 0.224 e. The van der Waals surface area contributed by atoms with Crippen LogP contribution in [0.2, 0.25) is 0 Å². The van der Waals surface area contributed by atoms with Crippen molar-refractivity contribution in [2.24, 2.45) is 5.92 Å². The molecular formula is C11H18N2O3S. The molecule has 1 unspecified atom stereocenters. The maximum atomic E-state index is 11.8. The first-order valence-electron chi connectivity index (χ1n) is 6.33. The van der Waals surface area contributed by atoms with Gasteiger partial charge in [-0.2, -0.15) is 0 Å². The Morgan fingerprint density at radius 3 is 2.53 bits per heavy atom. The van der Waals surface area contributed by atoms with Crippen LogP contribution in [0, 0.1) is 5.92 Å². The monoisotopic (exact) mass is 258 g/mol. The van der Waals surface area contributed by atoms with Gasteiger partial charge >= 0.3 is 0 Å². The van der Waals surface area contributed by atoms with E-state index in [0.29, 0.717) is 24.9 Å². The van der Waals surface area contributed by atoms with Crippen molar-refractivity contribution in [3.8, 4) is 0 Å². The van der Waals surface area contributed by atoms with Crippen molar-refractivity contribution in [1.29, 1.82) is 0 Å². The van der Waals surface area contributed by atoms with Gasteiger partial charge in [-0.1, -0.05) is 0 Å². The van der Waals surface area contributed by atoms with Crippen molar-refractivity contribution in [2.45, 2.75) is 44.2 Å². The fourth-order valence-electron chi connectivity index (χ4n) is 2.45. The van der Waals surface area contributed by atoms with E-state index in [4.69, 9.17) is 0 Å². The van der Waals surface area contributed by atoms with Gasteiger partial charge in [0.15, 0.2) is 0 Å². The summed E-state index contributed by atoms with van der Waals surface area (Å²) in [6, 6.07) is 0.187. The topological polar surface area (TPSA) is 66.5 Å². The lowest BCUT2D eigenvalue weighted by atomic mass is 10.3. The van der Waals surface area contributed by atoms with Crippen LogP contribution in [0.4, 0.5) is 0 Å². The number of likely N-dealkylation sites (tertiary alicyclic amines) is 1. The van der Waals surface area contributed by atoms with Crippen LogP contribution in [0.1, 0.15) is 32.1 Å². The minimum Gasteiger partial charge on any atom is -0.338 e. The van der Waals surface area contributed by atoms with Crippen molar-refractivity contribution >= 4 is 15.9 Å². The van der Waals surface area contributed by atoms with E-state index in [1.165, 1.54) is 0 Å². The Hall–Kier alpha value is -0.620. The van der Waals surface area contributed by atoms with E-state index in [0.717, 1.165) is 25.7 Å². The lowest BCUT2D eigenvalue weighted by Crippen LogP contribution is -2.39. The summed E-state index contributed by atoms with van der Waals surface area (Å²) in [5.41, 5.74) is 0. The number of hydrogen-bond donors (Lipinski definition) is 1. The molecule has 3 rings (SSSR count). The van der Waals surface area contributed by atoms with Crippen LogP contribution in [-0.4, -0.2) is 43.6 Å². The van der Waals surface area contributed by atoms with E-state index >= 15 is 0 Å². The highest BCUT2D eigenvalue weighted by molar-refractivity contribution is 7.89. The van der Waals surface area contributed by atoms with Gasteiger partial charge in [0.2, 0.25) is 15.9 Å². The molecule has 3 fully saturated rings. The molecule has 0 aromatic carbocycles. The van der Waals surface area contributed by atoms with Crippen LogP contribution in [0.15, 0.2) is 0 Å². The zero-order valence-corrected chi connectivity index (χ0v) is 10.6. The summed E-state index contributed by atoms with van der Waals surface area (Å²) in [4.78, 5) is 13.5. The van der Waals surface area contributed by atoms with Crippen molar-refractivity contribution in [2.75, 3.05) is 12.3 Å². The van der Waals surface area contributed by atoms with Gasteiger partial charge in [-0.3, -0.25) is 4.79 Å². The normalized spacial score (nSPS) is 30.0. The highest BCUT2D eigenvalue weighted by atomic mass is 32.2. The number of rotatable bonds is 5. The molecule has 1 amide bonds. The molecule has 96 valence electrons. The van der Waals surface area contributed by atoms with Gasteiger partial charge in [-0.05, 0) is 31.6 Å². The number of sulfonamides is 1. The van der Waals surface area contributed by atoms with E-state index in [1.807, 2.05) is 4.90 Å². The second kappa shape index (κ2) is 3.95. The zero-order valence-electron chi connectivity index (χ0n) is 9.76. The first kappa shape index (κ1) is 11.5. The number of nitrogens with one attached hydrogen (secondary N) is 1. The quantitative estimate of drug-likeness (QED) is 0.759. The third-order valence-corrected chi connectivity index (χ3v) is 5.25. The Labute approximate surface area is 102 Å². The Balaban J connectivity index is 1.56. The van der Waals surface area contributed by atoms with Crippen molar-refractivity contribution in [3.05, 3.63) is 0 Å². The van der Waals surface area contributed by atoms with Gasteiger partial charge in [-0.25, -0.2) is 13.1 Å². The number of carbonyl (C=O) groups is 1. The number of amides is 1. The van der Waals surface area contributed by atoms with Crippen LogP contribution in [-0.2, 0) is 14.8 Å². The van der Waals surface area contributed by atoms with E-state index < -0.39 is 10.0 Å². The van der Waals surface area contributed by atoms with Gasteiger partial charge in [0.25, 0.3) is 0 Å². The predicted molar refractivity (Wildman–Crippen MR) is 62.8 cm³/mol. The minimum absolute atomic E-state index is 0.103. The second-order valence-electron chi connectivity index (χ2n) is 5.52. The van der Waals surface area contributed by atoms with Gasteiger partial charge in [-0.15, -0.1) is 0 Å². The fraction of sp³-hybridized carbons (Fsp3) is 0.909. The Morgan fingerprint density at radius 1 is 1.24 bits per heavy atom. The largest absolute Gasteiger partial charge is 0.338 e. The number of nitrogens with zero attached hydrogens (tertiary/aromatic N) is 1. The van der Waals surface area contributed by atoms with Crippen LogP contribution in [0.5, 0.6) is 0 Å². The maximum absolute atomic E-state index is 11.8. The predicted octanol–water partition coefficient (Wildman–Crippen LogP) is 0.0791. The van der Waals surface area contributed by atoms with Crippen molar-refractivity contribution in [1.82, 2.24) is 9.62 Å². The molecule has 6 heteroatoms. The molecule has 0 aromatic heterocycles. The molecule has 17 heavy (non-hydrogen) atoms. The van der Waals surface area contributed by atoms with Crippen LogP contribution < -0.4 is 4.72 Å². The van der Waals surface area contributed by atoms with Gasteiger partial charge in [0.1, 0.15) is 0 Å². The Bertz CT molecular complexity index is 426. The van der Waals surface area contributed by atoms with Gasteiger partial charge < -0.3 is 4.90 Å². The molecule has 1 heterocycles. The van der Waals surface area contributed by atoms with E-state index in [-0.39, 0.29) is 17.7 Å². The fourth-order valence-corrected chi connectivity index (χ4v) is 4.16. The average molecular weight is 258 g/mol. The summed E-state index contributed by atoms with van der Waals surface area (Å²) in [7, 11) is -3.18. The lowest BCUT2D eigenvalue weighted by Gasteiger charge is -2.16. The summed E-state index contributed by atoms with van der Waals surface area (Å²) >= 11 is 0. The molecule has 1 N–H and O–H groups in total. The molecule has 1 atom stereocenters. The molecule has 0 spiro atoms. The van der Waals surface area contributed by atoms with Gasteiger partial charge in [0, 0.05) is 25.0 Å². The molecule has 1 aliphatic heterocycles. The van der Waals surface area contributed by atoms with E-state index in [9.17, 15) is 13.2 Å². The summed E-state index contributed by atoms with van der Waals surface area (Å²) in [6.07, 6.45) is 4.54. The first-order chi connectivity index (χ1) is 8.03. The molecular weight excluding hydrogens is 240 g/mol. The highest BCUT2D eigenvalue weighted by Gasteiger charge is 2.40. The highest BCUT2D eigenvalue weighted by Crippen LogP contribution is 2.32. The molecule has 2 aliphatic carbocycles. The van der Waals surface area contributed by atoms with Crippen LogP contribution >= 0.6 is 0 Å². The minimum atomic E-state index is -3.18. The molecule has 3 aliphatic rings. The van der Waals surface area contributed by atoms with E-state index in [2.05, 4.69) is 4.72 Å². The van der Waals surface area contributed by atoms with Crippen molar-refractivity contribution in [3.63, 3.8) is 0 Å². The molecule has 0 bridgehead atoms. The summed E-state index contributed by atoms with van der Waals surface area (Å²) in [6.45, 7) is 0.563. The lowest BCUT2D eigenvalue weighted by molar-refractivity contribution is -0.128. The standard InChI is InChI=1S/C11H18N2O3S/c14-11-5-9(6-13(11)10-3-4-10)12-17(15,16)7-8-1-2-8/h8-10,12H,1-7H2. The molecule has 0 aromatic rings. The van der Waals surface area contributed by atoms with Crippen LogP contribution in [0.3, 0.4) is 0 Å². The third kappa shape index (κ3) is 2.80. The zero-order chi connectivity index (χ0) is 12.0. The summed E-state index contributed by atoms with van der Waals surface area (Å²) < 4.78 is 26.3. The Kier molecular flexibility index (Phi) is 2.66. The molecule has 0 radical (unpaired) electrons. The summed E-state index contributed by atoms with van der Waals surface area (Å²) in [5.74, 6) is 0.692. The van der Waals surface area contributed by atoms with Crippen LogP contribution in [0.25, 0.3) is 0 Å². The van der Waals surface area contributed by atoms with Gasteiger partial charge in [0.05, 0.1) is 5.75 Å². The first-order valence-corrected chi connectivity index (χ1v) is 7.98. The number of carbonyl (C=O) groups excluding carboxylic acids is 1. The average Bonchev–Trinajstić information content (AvgIpc) is 3.07. The number of hydrogen-bond acceptors (Lipinski definition) is 3.